The molecule has 0 aromatic carbocycles. The van der Waals surface area contributed by atoms with Crippen molar-refractivity contribution in [2.75, 3.05) is 6.61 Å². The van der Waals surface area contributed by atoms with E-state index in [4.69, 9.17) is 16.3 Å². The lowest BCUT2D eigenvalue weighted by molar-refractivity contribution is -0.146. The van der Waals surface area contributed by atoms with Crippen molar-refractivity contribution in [3.8, 4) is 0 Å². The van der Waals surface area contributed by atoms with E-state index in [1.165, 1.54) is 0 Å². The Balaban J connectivity index is 2.62. The predicted octanol–water partition coefficient (Wildman–Crippen LogP) is 2.16. The molecule has 0 amide bonds. The minimum absolute atomic E-state index is 0.216. The van der Waals surface area contributed by atoms with Gasteiger partial charge in [0.05, 0.1) is 23.5 Å². The first-order valence-electron chi connectivity index (χ1n) is 6.56. The van der Waals surface area contributed by atoms with Gasteiger partial charge in [0.25, 0.3) is 0 Å². The van der Waals surface area contributed by atoms with Crippen molar-refractivity contribution in [3.05, 3.63) is 16.9 Å². The maximum absolute atomic E-state index is 11.8. The molecule has 0 aliphatic heterocycles. The summed E-state index contributed by atoms with van der Waals surface area (Å²) < 4.78 is 6.87. The first-order valence-corrected chi connectivity index (χ1v) is 6.94. The van der Waals surface area contributed by atoms with Gasteiger partial charge in [-0.05, 0) is 20.3 Å². The molecule has 1 heterocycles. The Labute approximate surface area is 119 Å². The molecule has 1 rings (SSSR count). The van der Waals surface area contributed by atoms with E-state index in [2.05, 4.69) is 10.4 Å². The molecule has 1 N–H and O–H groups in total. The lowest BCUT2D eigenvalue weighted by Gasteiger charge is -2.19. The van der Waals surface area contributed by atoms with Crippen LogP contribution in [0.1, 0.15) is 32.9 Å². The fourth-order valence-electron chi connectivity index (χ4n) is 1.81. The number of rotatable bonds is 7. The molecule has 1 aromatic heterocycles. The maximum atomic E-state index is 11.8. The Hall–Kier alpha value is -1.07. The zero-order chi connectivity index (χ0) is 14.4. The SMILES string of the molecule is CCOC(=O)C(CCn1ncc(Cl)c1C)NC(C)C. The third-order valence-corrected chi connectivity index (χ3v) is 3.15. The Bertz CT molecular complexity index is 418. The first-order chi connectivity index (χ1) is 8.95. The van der Waals surface area contributed by atoms with Gasteiger partial charge in [-0.25, -0.2) is 0 Å². The summed E-state index contributed by atoms with van der Waals surface area (Å²) in [4.78, 5) is 11.8. The second kappa shape index (κ2) is 7.50. The Morgan fingerprint density at radius 1 is 1.58 bits per heavy atom. The van der Waals surface area contributed by atoms with E-state index in [0.717, 1.165) is 5.69 Å². The van der Waals surface area contributed by atoms with E-state index in [9.17, 15) is 4.79 Å². The van der Waals surface area contributed by atoms with E-state index >= 15 is 0 Å². The second-order valence-electron chi connectivity index (χ2n) is 4.72. The number of carbonyl (C=O) groups excluding carboxylic acids is 1. The molecule has 0 radical (unpaired) electrons. The van der Waals surface area contributed by atoms with Crippen LogP contribution >= 0.6 is 11.6 Å². The van der Waals surface area contributed by atoms with Crippen molar-refractivity contribution >= 4 is 17.6 Å². The molecule has 0 saturated heterocycles. The van der Waals surface area contributed by atoms with E-state index in [1.54, 1.807) is 10.9 Å². The van der Waals surface area contributed by atoms with E-state index < -0.39 is 0 Å². The third kappa shape index (κ3) is 4.84. The monoisotopic (exact) mass is 287 g/mol. The zero-order valence-corrected chi connectivity index (χ0v) is 12.7. The Morgan fingerprint density at radius 3 is 2.74 bits per heavy atom. The highest BCUT2D eigenvalue weighted by molar-refractivity contribution is 6.31. The number of halogens is 1. The summed E-state index contributed by atoms with van der Waals surface area (Å²) in [6.07, 6.45) is 2.24. The summed E-state index contributed by atoms with van der Waals surface area (Å²) in [5.41, 5.74) is 0.911. The van der Waals surface area contributed by atoms with Gasteiger partial charge < -0.3 is 10.1 Å². The van der Waals surface area contributed by atoms with Crippen LogP contribution in [0.15, 0.2) is 6.20 Å². The van der Waals surface area contributed by atoms with E-state index in [1.807, 2.05) is 27.7 Å². The number of aryl methyl sites for hydroxylation is 1. The van der Waals surface area contributed by atoms with Crippen molar-refractivity contribution in [3.63, 3.8) is 0 Å². The predicted molar refractivity (Wildman–Crippen MR) is 75.3 cm³/mol. The molecule has 1 atom stereocenters. The molecular weight excluding hydrogens is 266 g/mol. The number of esters is 1. The van der Waals surface area contributed by atoms with Crippen LogP contribution in [0, 0.1) is 6.92 Å². The van der Waals surface area contributed by atoms with Crippen LogP contribution in [-0.2, 0) is 16.1 Å². The van der Waals surface area contributed by atoms with Crippen molar-refractivity contribution in [2.45, 2.75) is 52.7 Å². The summed E-state index contributed by atoms with van der Waals surface area (Å²) >= 11 is 5.95. The van der Waals surface area contributed by atoms with Crippen molar-refractivity contribution in [2.24, 2.45) is 0 Å². The number of nitrogens with zero attached hydrogens (tertiary/aromatic N) is 2. The lowest BCUT2D eigenvalue weighted by Crippen LogP contribution is -2.42. The van der Waals surface area contributed by atoms with Crippen molar-refractivity contribution in [1.82, 2.24) is 15.1 Å². The molecule has 5 nitrogen and oxygen atoms in total. The Morgan fingerprint density at radius 2 is 2.26 bits per heavy atom. The van der Waals surface area contributed by atoms with E-state index in [-0.39, 0.29) is 18.1 Å². The molecule has 0 saturated carbocycles. The van der Waals surface area contributed by atoms with Crippen LogP contribution in [0.3, 0.4) is 0 Å². The molecule has 0 fully saturated rings. The van der Waals surface area contributed by atoms with Crippen LogP contribution in [0.4, 0.5) is 0 Å². The topological polar surface area (TPSA) is 56.2 Å². The van der Waals surface area contributed by atoms with Crippen LogP contribution in [0.5, 0.6) is 0 Å². The molecule has 108 valence electrons. The van der Waals surface area contributed by atoms with Gasteiger partial charge in [0.1, 0.15) is 6.04 Å². The number of aromatic nitrogens is 2. The highest BCUT2D eigenvalue weighted by Gasteiger charge is 2.20. The fraction of sp³-hybridized carbons (Fsp3) is 0.692. The average molecular weight is 288 g/mol. The molecule has 0 spiro atoms. The van der Waals surface area contributed by atoms with Crippen molar-refractivity contribution < 1.29 is 9.53 Å². The first kappa shape index (κ1) is 16.0. The zero-order valence-electron chi connectivity index (χ0n) is 11.9. The van der Waals surface area contributed by atoms with Crippen LogP contribution in [0.25, 0.3) is 0 Å². The summed E-state index contributed by atoms with van der Waals surface area (Å²) in [6, 6.07) is -0.0981. The summed E-state index contributed by atoms with van der Waals surface area (Å²) in [5.74, 6) is -0.216. The fourth-order valence-corrected chi connectivity index (χ4v) is 1.96. The van der Waals surface area contributed by atoms with Gasteiger partial charge in [0.2, 0.25) is 0 Å². The molecule has 6 heteroatoms. The molecule has 0 aliphatic rings. The minimum Gasteiger partial charge on any atom is -0.465 e. The summed E-state index contributed by atoms with van der Waals surface area (Å²) in [7, 11) is 0. The number of carbonyl (C=O) groups is 1. The second-order valence-corrected chi connectivity index (χ2v) is 5.12. The largest absolute Gasteiger partial charge is 0.465 e. The van der Waals surface area contributed by atoms with Gasteiger partial charge in [-0.15, -0.1) is 0 Å². The van der Waals surface area contributed by atoms with Gasteiger partial charge in [0, 0.05) is 12.6 Å². The van der Waals surface area contributed by atoms with Crippen LogP contribution in [-0.4, -0.2) is 34.4 Å². The summed E-state index contributed by atoms with van der Waals surface area (Å²) in [5, 5.41) is 8.03. The molecular formula is C13H22ClN3O2. The van der Waals surface area contributed by atoms with Gasteiger partial charge >= 0.3 is 5.97 Å². The number of hydrogen-bond acceptors (Lipinski definition) is 4. The van der Waals surface area contributed by atoms with Crippen LogP contribution < -0.4 is 5.32 Å². The van der Waals surface area contributed by atoms with Crippen molar-refractivity contribution in [1.29, 1.82) is 0 Å². The van der Waals surface area contributed by atoms with Gasteiger partial charge in [0.15, 0.2) is 0 Å². The van der Waals surface area contributed by atoms with E-state index in [0.29, 0.717) is 24.6 Å². The Kier molecular flexibility index (Phi) is 6.31. The molecule has 1 unspecified atom stereocenters. The van der Waals surface area contributed by atoms with Gasteiger partial charge in [-0.1, -0.05) is 25.4 Å². The minimum atomic E-state index is -0.317. The molecule has 19 heavy (non-hydrogen) atoms. The maximum Gasteiger partial charge on any atom is 0.323 e. The number of ether oxygens (including phenoxy) is 1. The smallest absolute Gasteiger partial charge is 0.323 e. The summed E-state index contributed by atoms with van der Waals surface area (Å²) in [6.45, 7) is 8.74. The average Bonchev–Trinajstić information content (AvgIpc) is 2.65. The van der Waals surface area contributed by atoms with Gasteiger partial charge in [-0.3, -0.25) is 9.48 Å². The van der Waals surface area contributed by atoms with Crippen LogP contribution in [0.2, 0.25) is 5.02 Å². The quantitative estimate of drug-likeness (QED) is 0.781. The normalized spacial score (nSPS) is 12.7. The third-order valence-electron chi connectivity index (χ3n) is 2.78. The highest BCUT2D eigenvalue weighted by atomic mass is 35.5. The molecule has 0 bridgehead atoms. The number of hydrogen-bond donors (Lipinski definition) is 1. The lowest BCUT2D eigenvalue weighted by atomic mass is 10.2. The molecule has 1 aromatic rings. The molecule has 0 aliphatic carbocycles. The number of nitrogens with one attached hydrogen (secondary N) is 1. The highest BCUT2D eigenvalue weighted by Crippen LogP contribution is 2.14. The standard InChI is InChI=1S/C13H22ClN3O2/c1-5-19-13(18)12(16-9(2)3)6-7-17-10(4)11(14)8-15-17/h8-9,12,16H,5-7H2,1-4H3. The van der Waals surface area contributed by atoms with Gasteiger partial charge in [-0.2, -0.15) is 5.10 Å².